The number of sulfonamides is 1. The Hall–Kier alpha value is -3.20. The average molecular weight is 588 g/mol. The normalized spacial score (nSPS) is 11.4. The van der Waals surface area contributed by atoms with Gasteiger partial charge in [0.15, 0.2) is 5.78 Å². The van der Waals surface area contributed by atoms with Crippen LogP contribution in [0.1, 0.15) is 21.5 Å². The molecule has 4 aromatic carbocycles. The Morgan fingerprint density at radius 3 is 2.03 bits per heavy atom. The predicted octanol–water partition coefficient (Wildman–Crippen LogP) is 6.71. The van der Waals surface area contributed by atoms with Crippen LogP contribution in [-0.4, -0.2) is 31.0 Å². The number of amides is 1. The fourth-order valence-corrected chi connectivity index (χ4v) is 5.75. The number of hydrogen-bond acceptors (Lipinski definition) is 4. The van der Waals surface area contributed by atoms with Crippen LogP contribution in [0.4, 0.5) is 5.69 Å². The van der Waals surface area contributed by atoms with Gasteiger partial charge in [-0.05, 0) is 48.0 Å². The lowest BCUT2D eigenvalue weighted by Gasteiger charge is -2.23. The number of benzene rings is 4. The molecule has 0 saturated heterocycles. The average Bonchev–Trinajstić information content (AvgIpc) is 2.91. The minimum absolute atomic E-state index is 0.0179. The monoisotopic (exact) mass is 586 g/mol. The quantitative estimate of drug-likeness (QED) is 0.221. The fraction of sp³-hybridized carbons (Fsp3) is 0.0714. The van der Waals surface area contributed by atoms with E-state index in [-0.39, 0.29) is 33.5 Å². The molecule has 0 aliphatic rings. The van der Waals surface area contributed by atoms with Crippen molar-refractivity contribution in [2.24, 2.45) is 0 Å². The number of nitrogens with zero attached hydrogens (tertiary/aromatic N) is 1. The van der Waals surface area contributed by atoms with E-state index >= 15 is 0 Å². The number of hydrogen-bond donors (Lipinski definition) is 1. The summed E-state index contributed by atoms with van der Waals surface area (Å²) in [6.45, 7) is -0.727. The van der Waals surface area contributed by atoms with E-state index in [1.54, 1.807) is 60.7 Å². The maximum Gasteiger partial charge on any atom is 0.243 e. The van der Waals surface area contributed by atoms with Gasteiger partial charge in [0.25, 0.3) is 0 Å². The Bertz CT molecular complexity index is 1580. The second-order valence-electron chi connectivity index (χ2n) is 8.26. The van der Waals surface area contributed by atoms with E-state index < -0.39 is 22.5 Å². The summed E-state index contributed by atoms with van der Waals surface area (Å²) in [4.78, 5) is 26.4. The van der Waals surface area contributed by atoms with Crippen molar-refractivity contribution in [1.82, 2.24) is 4.31 Å². The Labute approximate surface area is 235 Å². The summed E-state index contributed by atoms with van der Waals surface area (Å²) in [5, 5.41) is 3.65. The molecule has 4 aromatic rings. The van der Waals surface area contributed by atoms with Crippen LogP contribution in [0, 0.1) is 0 Å². The highest BCUT2D eigenvalue weighted by Crippen LogP contribution is 2.27. The second kappa shape index (κ2) is 12.1. The first kappa shape index (κ1) is 27.8. The third-order valence-electron chi connectivity index (χ3n) is 5.60. The molecule has 0 spiro atoms. The summed E-state index contributed by atoms with van der Waals surface area (Å²) in [5.74, 6) is -0.996. The van der Waals surface area contributed by atoms with Gasteiger partial charge in [-0.2, -0.15) is 4.31 Å². The van der Waals surface area contributed by atoms with Crippen LogP contribution in [0.15, 0.2) is 102 Å². The molecule has 0 heterocycles. The van der Waals surface area contributed by atoms with Gasteiger partial charge in [-0.25, -0.2) is 8.42 Å². The van der Waals surface area contributed by atoms with Crippen LogP contribution in [0.5, 0.6) is 0 Å². The van der Waals surface area contributed by atoms with Gasteiger partial charge in [0.2, 0.25) is 15.9 Å². The van der Waals surface area contributed by atoms with Gasteiger partial charge in [0.1, 0.15) is 0 Å². The minimum Gasteiger partial charge on any atom is -0.324 e. The molecule has 0 atom stereocenters. The molecule has 0 radical (unpaired) electrons. The maximum absolute atomic E-state index is 13.5. The number of rotatable bonds is 9. The molecule has 0 aliphatic heterocycles. The van der Waals surface area contributed by atoms with Gasteiger partial charge in [-0.1, -0.05) is 89.4 Å². The molecular weight excluding hydrogens is 567 g/mol. The fourth-order valence-electron chi connectivity index (χ4n) is 3.72. The van der Waals surface area contributed by atoms with Crippen LogP contribution in [0.25, 0.3) is 0 Å². The van der Waals surface area contributed by atoms with Crippen molar-refractivity contribution in [1.29, 1.82) is 0 Å². The first-order chi connectivity index (χ1) is 18.1. The SMILES string of the molecule is O=C(CN(Cc1ccc(Cl)cc1Cl)S(=O)(=O)c1ccccc1)Nc1ccc(Cl)cc1C(=O)c1ccccc1. The van der Waals surface area contributed by atoms with Gasteiger partial charge in [-0.3, -0.25) is 9.59 Å². The van der Waals surface area contributed by atoms with E-state index in [1.165, 1.54) is 36.4 Å². The highest BCUT2D eigenvalue weighted by molar-refractivity contribution is 7.89. The summed E-state index contributed by atoms with van der Waals surface area (Å²) in [7, 11) is -4.10. The second-order valence-corrected chi connectivity index (χ2v) is 11.5. The molecule has 0 aliphatic carbocycles. The number of carbonyl (C=O) groups excluding carboxylic acids is 2. The third-order valence-corrected chi connectivity index (χ3v) is 8.23. The molecule has 4 rings (SSSR count). The molecular formula is C28H21Cl3N2O4S. The Balaban J connectivity index is 1.64. The smallest absolute Gasteiger partial charge is 0.243 e. The molecule has 0 unspecified atom stereocenters. The lowest BCUT2D eigenvalue weighted by molar-refractivity contribution is -0.116. The van der Waals surface area contributed by atoms with E-state index in [0.29, 0.717) is 21.2 Å². The highest BCUT2D eigenvalue weighted by atomic mass is 35.5. The zero-order chi connectivity index (χ0) is 27.3. The number of ketones is 1. The van der Waals surface area contributed by atoms with Gasteiger partial charge < -0.3 is 5.32 Å². The summed E-state index contributed by atoms with van der Waals surface area (Å²) < 4.78 is 28.0. The number of nitrogens with one attached hydrogen (secondary N) is 1. The van der Waals surface area contributed by atoms with Gasteiger partial charge in [0.05, 0.1) is 17.1 Å². The van der Waals surface area contributed by atoms with Crippen molar-refractivity contribution >= 4 is 62.2 Å². The summed E-state index contributed by atoms with van der Waals surface area (Å²) in [6, 6.07) is 25.5. The Morgan fingerprint density at radius 2 is 1.37 bits per heavy atom. The van der Waals surface area contributed by atoms with E-state index in [0.717, 1.165) is 4.31 Å². The first-order valence-corrected chi connectivity index (χ1v) is 13.9. The van der Waals surface area contributed by atoms with Crippen molar-refractivity contribution in [2.45, 2.75) is 11.4 Å². The largest absolute Gasteiger partial charge is 0.324 e. The Morgan fingerprint density at radius 1 is 0.763 bits per heavy atom. The minimum atomic E-state index is -4.10. The van der Waals surface area contributed by atoms with Crippen molar-refractivity contribution in [3.63, 3.8) is 0 Å². The molecule has 10 heteroatoms. The van der Waals surface area contributed by atoms with Crippen molar-refractivity contribution < 1.29 is 18.0 Å². The molecule has 0 fully saturated rings. The summed E-state index contributed by atoms with van der Waals surface area (Å²) >= 11 is 18.4. The van der Waals surface area contributed by atoms with Gasteiger partial charge in [-0.15, -0.1) is 0 Å². The number of carbonyl (C=O) groups is 2. The Kier molecular flexibility index (Phi) is 8.87. The summed E-state index contributed by atoms with van der Waals surface area (Å²) in [5.41, 5.74) is 1.26. The molecule has 1 N–H and O–H groups in total. The zero-order valence-electron chi connectivity index (χ0n) is 19.8. The molecule has 6 nitrogen and oxygen atoms in total. The zero-order valence-corrected chi connectivity index (χ0v) is 22.9. The van der Waals surface area contributed by atoms with Crippen LogP contribution < -0.4 is 5.32 Å². The highest BCUT2D eigenvalue weighted by Gasteiger charge is 2.28. The molecule has 38 heavy (non-hydrogen) atoms. The van der Waals surface area contributed by atoms with Gasteiger partial charge in [0, 0.05) is 32.7 Å². The van der Waals surface area contributed by atoms with Crippen molar-refractivity contribution in [3.05, 3.63) is 129 Å². The first-order valence-electron chi connectivity index (χ1n) is 11.3. The molecule has 194 valence electrons. The van der Waals surface area contributed by atoms with E-state index in [2.05, 4.69) is 5.32 Å². The standard InChI is InChI=1S/C28H21Cl3N2O4S/c29-21-13-14-26(24(15-21)28(35)19-7-3-1-4-8-19)32-27(34)18-33(17-20-11-12-22(30)16-25(20)31)38(36,37)23-9-5-2-6-10-23/h1-16H,17-18H2,(H,32,34). The van der Waals surface area contributed by atoms with Crippen LogP contribution in [-0.2, 0) is 21.4 Å². The molecule has 1 amide bonds. The van der Waals surface area contributed by atoms with Crippen LogP contribution in [0.3, 0.4) is 0 Å². The number of halogens is 3. The number of anilines is 1. The molecule has 0 bridgehead atoms. The van der Waals surface area contributed by atoms with Crippen LogP contribution in [0.2, 0.25) is 15.1 Å². The van der Waals surface area contributed by atoms with E-state index in [9.17, 15) is 18.0 Å². The van der Waals surface area contributed by atoms with Crippen molar-refractivity contribution in [3.8, 4) is 0 Å². The maximum atomic E-state index is 13.5. The predicted molar refractivity (Wildman–Crippen MR) is 150 cm³/mol. The van der Waals surface area contributed by atoms with E-state index in [4.69, 9.17) is 34.8 Å². The topological polar surface area (TPSA) is 83.6 Å². The van der Waals surface area contributed by atoms with Gasteiger partial charge >= 0.3 is 0 Å². The van der Waals surface area contributed by atoms with Crippen molar-refractivity contribution in [2.75, 3.05) is 11.9 Å². The lowest BCUT2D eigenvalue weighted by Crippen LogP contribution is -2.37. The molecule has 0 saturated carbocycles. The molecule has 0 aromatic heterocycles. The lowest BCUT2D eigenvalue weighted by atomic mass is 10.0. The summed E-state index contributed by atoms with van der Waals surface area (Å²) in [6.07, 6.45) is 0. The third kappa shape index (κ3) is 6.62. The van der Waals surface area contributed by atoms with E-state index in [1.807, 2.05) is 0 Å². The van der Waals surface area contributed by atoms with Crippen LogP contribution >= 0.6 is 34.8 Å².